The quantitative estimate of drug-likeness (QED) is 0.320. The van der Waals surface area contributed by atoms with Crippen molar-refractivity contribution in [3.63, 3.8) is 0 Å². The van der Waals surface area contributed by atoms with E-state index in [9.17, 15) is 14.7 Å². The molecule has 1 amide bonds. The molecule has 12 heteroatoms. The van der Waals surface area contributed by atoms with Crippen molar-refractivity contribution in [1.29, 1.82) is 0 Å². The third-order valence-electron chi connectivity index (χ3n) is 5.99. The van der Waals surface area contributed by atoms with Crippen LogP contribution in [-0.2, 0) is 16.9 Å². The highest BCUT2D eigenvalue weighted by Crippen LogP contribution is 2.38. The Kier molecular flexibility index (Phi) is 5.52. The molecule has 4 aromatic heterocycles. The van der Waals surface area contributed by atoms with Crippen molar-refractivity contribution < 1.29 is 14.7 Å². The Labute approximate surface area is 200 Å². The summed E-state index contributed by atoms with van der Waals surface area (Å²) in [5.74, 6) is -0.124. The summed E-state index contributed by atoms with van der Waals surface area (Å²) in [6.07, 6.45) is 10.0. The van der Waals surface area contributed by atoms with Crippen LogP contribution < -0.4 is 11.1 Å². The van der Waals surface area contributed by atoms with Gasteiger partial charge in [0.2, 0.25) is 11.9 Å². The number of hydrogen-bond acceptors (Lipinski definition) is 9. The predicted molar refractivity (Wildman–Crippen MR) is 127 cm³/mol. The molecule has 4 heterocycles. The van der Waals surface area contributed by atoms with E-state index in [1.807, 2.05) is 13.8 Å². The van der Waals surface area contributed by atoms with Gasteiger partial charge in [-0.3, -0.25) is 14.6 Å². The number of carbonyl (C=O) groups is 2. The van der Waals surface area contributed by atoms with Gasteiger partial charge in [0.15, 0.2) is 5.78 Å². The number of rotatable bonds is 8. The third kappa shape index (κ3) is 4.47. The predicted octanol–water partition coefficient (Wildman–Crippen LogP) is 1.47. The topological polar surface area (TPSA) is 167 Å². The van der Waals surface area contributed by atoms with E-state index >= 15 is 0 Å². The van der Waals surface area contributed by atoms with Gasteiger partial charge in [-0.05, 0) is 32.8 Å². The van der Waals surface area contributed by atoms with Gasteiger partial charge < -0.3 is 20.7 Å². The summed E-state index contributed by atoms with van der Waals surface area (Å²) in [5, 5.41) is 21.2. The molecule has 4 aromatic rings. The van der Waals surface area contributed by atoms with Crippen LogP contribution in [0.25, 0.3) is 11.0 Å². The fourth-order valence-electron chi connectivity index (χ4n) is 3.83. The molecule has 5 rings (SSSR count). The Morgan fingerprint density at radius 2 is 2.03 bits per heavy atom. The van der Waals surface area contributed by atoms with Crippen LogP contribution in [0.4, 0.5) is 11.6 Å². The number of aliphatic hydroxyl groups excluding tert-OH is 1. The van der Waals surface area contributed by atoms with E-state index in [1.165, 1.54) is 23.3 Å². The van der Waals surface area contributed by atoms with Crippen LogP contribution in [-0.4, -0.2) is 57.9 Å². The standard InChI is InChI=1S/C23H25N9O3/c1-23(2,12-33)32-9-17(16-8-26-22(24)28-21(16)32)20(35)14-5-15(7-25-6-14)27-19(34)11-31-10-18(29-30-31)13-3-4-13/h5-10,13,33H,3-4,11-12H2,1-2H3,(H,27,34)(H2,24,26,28). The zero-order valence-corrected chi connectivity index (χ0v) is 19.3. The number of nitrogens with two attached hydrogens (primary N) is 1. The van der Waals surface area contributed by atoms with Crippen LogP contribution in [0.1, 0.15) is 54.2 Å². The highest BCUT2D eigenvalue weighted by molar-refractivity contribution is 6.16. The molecule has 0 radical (unpaired) electrons. The van der Waals surface area contributed by atoms with Crippen LogP contribution in [0.15, 0.2) is 37.1 Å². The third-order valence-corrected chi connectivity index (χ3v) is 5.99. The molecule has 1 aliphatic carbocycles. The minimum atomic E-state index is -0.730. The zero-order valence-electron chi connectivity index (χ0n) is 19.3. The Morgan fingerprint density at radius 1 is 1.23 bits per heavy atom. The van der Waals surface area contributed by atoms with E-state index in [1.54, 1.807) is 23.0 Å². The zero-order chi connectivity index (χ0) is 24.7. The Hall–Kier alpha value is -4.19. The first-order chi connectivity index (χ1) is 16.7. The number of anilines is 2. The molecule has 35 heavy (non-hydrogen) atoms. The molecular weight excluding hydrogens is 450 g/mol. The molecule has 12 nitrogen and oxygen atoms in total. The first-order valence-electron chi connectivity index (χ1n) is 11.2. The molecule has 4 N–H and O–H groups in total. The fourth-order valence-corrected chi connectivity index (χ4v) is 3.83. The molecular formula is C23H25N9O3. The summed E-state index contributed by atoms with van der Waals surface area (Å²) in [5.41, 5.74) is 7.37. The Bertz CT molecular complexity index is 1440. The second kappa shape index (κ2) is 8.55. The van der Waals surface area contributed by atoms with Crippen molar-refractivity contribution in [2.75, 3.05) is 17.7 Å². The van der Waals surface area contributed by atoms with Crippen LogP contribution in [0.2, 0.25) is 0 Å². The molecule has 180 valence electrons. The average Bonchev–Trinajstić information content (AvgIpc) is 3.46. The van der Waals surface area contributed by atoms with Gasteiger partial charge in [-0.15, -0.1) is 5.10 Å². The van der Waals surface area contributed by atoms with Crippen LogP contribution in [0.3, 0.4) is 0 Å². The van der Waals surface area contributed by atoms with Gasteiger partial charge in [-0.2, -0.15) is 4.98 Å². The second-order valence-corrected chi connectivity index (χ2v) is 9.30. The van der Waals surface area contributed by atoms with Gasteiger partial charge in [0.05, 0.1) is 35.3 Å². The molecule has 1 aliphatic rings. The minimum absolute atomic E-state index is 0.000382. The number of hydrogen-bond donors (Lipinski definition) is 3. The van der Waals surface area contributed by atoms with Crippen LogP contribution in [0.5, 0.6) is 0 Å². The summed E-state index contributed by atoms with van der Waals surface area (Å²) >= 11 is 0. The van der Waals surface area contributed by atoms with Crippen molar-refractivity contribution in [3.05, 3.63) is 53.9 Å². The molecule has 0 atom stereocenters. The van der Waals surface area contributed by atoms with Gasteiger partial charge in [0.1, 0.15) is 12.2 Å². The highest BCUT2D eigenvalue weighted by atomic mass is 16.3. The van der Waals surface area contributed by atoms with E-state index in [0.717, 1.165) is 18.5 Å². The van der Waals surface area contributed by atoms with E-state index in [-0.39, 0.29) is 36.4 Å². The van der Waals surface area contributed by atoms with Crippen molar-refractivity contribution in [2.24, 2.45) is 0 Å². The summed E-state index contributed by atoms with van der Waals surface area (Å²) in [7, 11) is 0. The Balaban J connectivity index is 1.39. The number of nitrogen functional groups attached to an aromatic ring is 1. The largest absolute Gasteiger partial charge is 0.394 e. The lowest BCUT2D eigenvalue weighted by Gasteiger charge is -2.24. The number of carbonyl (C=O) groups excluding carboxylic acids is 2. The molecule has 1 fully saturated rings. The minimum Gasteiger partial charge on any atom is -0.394 e. The monoisotopic (exact) mass is 475 g/mol. The lowest BCUT2D eigenvalue weighted by Crippen LogP contribution is -2.30. The smallest absolute Gasteiger partial charge is 0.246 e. The molecule has 0 aliphatic heterocycles. The molecule has 1 saturated carbocycles. The normalized spacial score (nSPS) is 13.8. The fraction of sp³-hybridized carbons (Fsp3) is 0.348. The van der Waals surface area contributed by atoms with Gasteiger partial charge in [0.25, 0.3) is 0 Å². The molecule has 0 aromatic carbocycles. The van der Waals surface area contributed by atoms with Crippen molar-refractivity contribution in [1.82, 2.24) is 34.5 Å². The van der Waals surface area contributed by atoms with Gasteiger partial charge >= 0.3 is 0 Å². The van der Waals surface area contributed by atoms with E-state index in [2.05, 4.69) is 30.6 Å². The lowest BCUT2D eigenvalue weighted by molar-refractivity contribution is -0.116. The number of nitrogens with zero attached hydrogens (tertiary/aromatic N) is 7. The van der Waals surface area contributed by atoms with E-state index < -0.39 is 5.54 Å². The summed E-state index contributed by atoms with van der Waals surface area (Å²) < 4.78 is 3.20. The van der Waals surface area contributed by atoms with Gasteiger partial charge in [-0.25, -0.2) is 9.67 Å². The maximum Gasteiger partial charge on any atom is 0.246 e. The number of amides is 1. The first-order valence-corrected chi connectivity index (χ1v) is 11.2. The molecule has 0 spiro atoms. The van der Waals surface area contributed by atoms with Crippen LogP contribution >= 0.6 is 0 Å². The maximum atomic E-state index is 13.4. The molecule has 0 saturated heterocycles. The Morgan fingerprint density at radius 3 is 2.77 bits per heavy atom. The number of nitrogens with one attached hydrogen (secondary N) is 1. The van der Waals surface area contributed by atoms with E-state index in [4.69, 9.17) is 5.73 Å². The molecule has 0 bridgehead atoms. The van der Waals surface area contributed by atoms with Crippen molar-refractivity contribution in [3.8, 4) is 0 Å². The van der Waals surface area contributed by atoms with Crippen molar-refractivity contribution >= 4 is 34.4 Å². The summed E-state index contributed by atoms with van der Waals surface area (Å²) in [4.78, 5) is 38.4. The average molecular weight is 476 g/mol. The lowest BCUT2D eigenvalue weighted by atomic mass is 10.1. The van der Waals surface area contributed by atoms with Crippen molar-refractivity contribution in [2.45, 2.75) is 44.7 Å². The number of fused-ring (bicyclic) bond motifs is 1. The maximum absolute atomic E-state index is 13.4. The van der Waals surface area contributed by atoms with Crippen LogP contribution in [0, 0.1) is 0 Å². The summed E-state index contributed by atoms with van der Waals surface area (Å²) in [6.45, 7) is 3.46. The molecule has 0 unspecified atom stereocenters. The van der Waals surface area contributed by atoms with Gasteiger partial charge in [0, 0.05) is 41.7 Å². The number of ketones is 1. The number of pyridine rings is 1. The second-order valence-electron chi connectivity index (χ2n) is 9.30. The summed E-state index contributed by atoms with van der Waals surface area (Å²) in [6, 6.07) is 1.56. The number of aliphatic hydroxyl groups is 1. The highest BCUT2D eigenvalue weighted by Gasteiger charge is 2.28. The van der Waals surface area contributed by atoms with Gasteiger partial charge in [-0.1, -0.05) is 5.21 Å². The first kappa shape index (κ1) is 22.6. The van der Waals surface area contributed by atoms with E-state index in [0.29, 0.717) is 28.2 Å². The SMILES string of the molecule is CC(C)(CO)n1cc(C(=O)c2cncc(NC(=O)Cn3cc(C4CC4)nn3)c2)c2cnc(N)nc21. The number of aromatic nitrogens is 7.